The number of guanidine groups is 1. The molecule has 2 amide bonds. The van der Waals surface area contributed by atoms with E-state index in [2.05, 4.69) is 15.6 Å². The molecular weight excluding hydrogens is 336 g/mol. The minimum absolute atomic E-state index is 0.00496. The summed E-state index contributed by atoms with van der Waals surface area (Å²) in [6.07, 6.45) is 5.46. The Kier molecular flexibility index (Phi) is 7.66. The molecule has 2 heterocycles. The summed E-state index contributed by atoms with van der Waals surface area (Å²) in [5.41, 5.74) is 0. The van der Waals surface area contributed by atoms with Crippen molar-refractivity contribution in [2.24, 2.45) is 4.99 Å². The first-order chi connectivity index (χ1) is 12.5. The summed E-state index contributed by atoms with van der Waals surface area (Å²) in [6.45, 7) is 3.91. The predicted molar refractivity (Wildman–Crippen MR) is 95.9 cm³/mol. The third-order valence-electron chi connectivity index (χ3n) is 4.56. The SMILES string of the molecule is CC(O)CN=C(NC#N)NC1CCCCN(CC(=O)N2CCCC2)C1=O. The molecule has 0 radical (unpaired) electrons. The van der Waals surface area contributed by atoms with Gasteiger partial charge in [0, 0.05) is 19.6 Å². The van der Waals surface area contributed by atoms with E-state index in [4.69, 9.17) is 5.26 Å². The van der Waals surface area contributed by atoms with Gasteiger partial charge >= 0.3 is 0 Å². The lowest BCUT2D eigenvalue weighted by Crippen LogP contribution is -2.52. The molecule has 0 aromatic carbocycles. The van der Waals surface area contributed by atoms with E-state index >= 15 is 0 Å². The fraction of sp³-hybridized carbons (Fsp3) is 0.765. The Labute approximate surface area is 154 Å². The predicted octanol–water partition coefficient (Wildman–Crippen LogP) is -0.613. The number of carbonyl (C=O) groups excluding carboxylic acids is 2. The second kappa shape index (κ2) is 9.97. The zero-order valence-corrected chi connectivity index (χ0v) is 15.3. The van der Waals surface area contributed by atoms with Gasteiger partial charge in [-0.1, -0.05) is 0 Å². The minimum atomic E-state index is -0.647. The smallest absolute Gasteiger partial charge is 0.245 e. The Balaban J connectivity index is 2.00. The van der Waals surface area contributed by atoms with Gasteiger partial charge in [-0.25, -0.2) is 4.99 Å². The van der Waals surface area contributed by atoms with Crippen LogP contribution >= 0.6 is 0 Å². The van der Waals surface area contributed by atoms with Crippen LogP contribution in [0.4, 0.5) is 0 Å². The molecule has 0 spiro atoms. The summed E-state index contributed by atoms with van der Waals surface area (Å²) >= 11 is 0. The Morgan fingerprint density at radius 2 is 2.04 bits per heavy atom. The van der Waals surface area contributed by atoms with Gasteiger partial charge in [0.2, 0.25) is 17.8 Å². The molecule has 2 atom stereocenters. The highest BCUT2D eigenvalue weighted by atomic mass is 16.3. The monoisotopic (exact) mass is 364 g/mol. The van der Waals surface area contributed by atoms with Crippen LogP contribution in [0.5, 0.6) is 0 Å². The fourth-order valence-corrected chi connectivity index (χ4v) is 3.19. The first kappa shape index (κ1) is 20.0. The van der Waals surface area contributed by atoms with Crippen LogP contribution in [-0.4, -0.2) is 77.5 Å². The number of hydrogen-bond acceptors (Lipinski definition) is 5. The number of aliphatic hydroxyl groups excluding tert-OH is 1. The quantitative estimate of drug-likeness (QED) is 0.259. The van der Waals surface area contributed by atoms with Crippen LogP contribution in [-0.2, 0) is 9.59 Å². The number of rotatable bonds is 5. The molecule has 144 valence electrons. The standard InChI is InChI=1S/C17H28N6O3/c1-13(24)10-19-17(20-12-18)21-14-6-2-3-9-23(16(14)26)11-15(25)22-7-4-5-8-22/h13-14,24H,2-11H2,1H3,(H2,19,20,21). The topological polar surface area (TPSA) is 121 Å². The molecule has 0 aromatic heterocycles. The fourth-order valence-electron chi connectivity index (χ4n) is 3.19. The van der Waals surface area contributed by atoms with Gasteiger partial charge < -0.3 is 20.2 Å². The van der Waals surface area contributed by atoms with Gasteiger partial charge in [-0.05, 0) is 39.0 Å². The number of nitrogens with one attached hydrogen (secondary N) is 2. The number of aliphatic imine (C=N–C) groups is 1. The van der Waals surface area contributed by atoms with Crippen LogP contribution in [0.15, 0.2) is 4.99 Å². The van der Waals surface area contributed by atoms with Crippen molar-refractivity contribution in [3.8, 4) is 6.19 Å². The van der Waals surface area contributed by atoms with E-state index in [0.29, 0.717) is 13.0 Å². The van der Waals surface area contributed by atoms with Crippen LogP contribution in [0.25, 0.3) is 0 Å². The molecule has 2 saturated heterocycles. The molecule has 0 aromatic rings. The van der Waals surface area contributed by atoms with Crippen molar-refractivity contribution in [1.29, 1.82) is 5.26 Å². The number of nitriles is 1. The van der Waals surface area contributed by atoms with Crippen molar-refractivity contribution in [3.05, 3.63) is 0 Å². The molecule has 2 unspecified atom stereocenters. The second-order valence-electron chi connectivity index (χ2n) is 6.82. The number of carbonyl (C=O) groups is 2. The number of likely N-dealkylation sites (tertiary alicyclic amines) is 2. The lowest BCUT2D eigenvalue weighted by Gasteiger charge is -2.27. The highest BCUT2D eigenvalue weighted by molar-refractivity contribution is 5.92. The lowest BCUT2D eigenvalue weighted by atomic mass is 10.1. The van der Waals surface area contributed by atoms with Crippen LogP contribution in [0.1, 0.15) is 39.0 Å². The van der Waals surface area contributed by atoms with E-state index in [1.807, 2.05) is 4.90 Å². The van der Waals surface area contributed by atoms with E-state index in [1.165, 1.54) is 0 Å². The summed E-state index contributed by atoms with van der Waals surface area (Å²) in [4.78, 5) is 32.7. The second-order valence-corrected chi connectivity index (χ2v) is 6.82. The van der Waals surface area contributed by atoms with Gasteiger partial charge in [0.15, 0.2) is 6.19 Å². The van der Waals surface area contributed by atoms with Crippen molar-refractivity contribution < 1.29 is 14.7 Å². The van der Waals surface area contributed by atoms with Gasteiger partial charge in [0.25, 0.3) is 0 Å². The normalized spacial score (nSPS) is 22.6. The Hall–Kier alpha value is -2.34. The number of aliphatic hydroxyl groups is 1. The summed E-state index contributed by atoms with van der Waals surface area (Å²) in [7, 11) is 0. The highest BCUT2D eigenvalue weighted by Gasteiger charge is 2.30. The number of amides is 2. The van der Waals surface area contributed by atoms with Crippen LogP contribution < -0.4 is 10.6 Å². The summed E-state index contributed by atoms with van der Waals surface area (Å²) in [5, 5.41) is 23.6. The molecule has 2 fully saturated rings. The van der Waals surface area contributed by atoms with E-state index in [0.717, 1.165) is 38.8 Å². The maximum Gasteiger partial charge on any atom is 0.245 e. The zero-order valence-electron chi connectivity index (χ0n) is 15.3. The molecule has 0 saturated carbocycles. The molecule has 9 heteroatoms. The molecule has 2 aliphatic rings. The van der Waals surface area contributed by atoms with E-state index in [9.17, 15) is 14.7 Å². The van der Waals surface area contributed by atoms with Gasteiger partial charge in [-0.3, -0.25) is 14.9 Å². The van der Waals surface area contributed by atoms with E-state index in [-0.39, 0.29) is 30.9 Å². The first-order valence-electron chi connectivity index (χ1n) is 9.22. The number of hydrogen-bond donors (Lipinski definition) is 3. The molecule has 0 bridgehead atoms. The van der Waals surface area contributed by atoms with Crippen molar-refractivity contribution in [1.82, 2.24) is 20.4 Å². The van der Waals surface area contributed by atoms with E-state index in [1.54, 1.807) is 18.0 Å². The Morgan fingerprint density at radius 1 is 1.35 bits per heavy atom. The molecule has 0 aliphatic carbocycles. The van der Waals surface area contributed by atoms with Crippen LogP contribution in [0.3, 0.4) is 0 Å². The maximum atomic E-state index is 12.9. The van der Waals surface area contributed by atoms with Crippen molar-refractivity contribution >= 4 is 17.8 Å². The maximum absolute atomic E-state index is 12.9. The van der Waals surface area contributed by atoms with Crippen molar-refractivity contribution in [3.63, 3.8) is 0 Å². The van der Waals surface area contributed by atoms with Crippen LogP contribution in [0.2, 0.25) is 0 Å². The molecule has 3 N–H and O–H groups in total. The summed E-state index contributed by atoms with van der Waals surface area (Å²) in [6, 6.07) is -0.544. The molecule has 9 nitrogen and oxygen atoms in total. The van der Waals surface area contributed by atoms with Crippen molar-refractivity contribution in [2.75, 3.05) is 32.7 Å². The molecule has 2 aliphatic heterocycles. The Bertz CT molecular complexity index is 565. The average molecular weight is 364 g/mol. The summed E-state index contributed by atoms with van der Waals surface area (Å²) in [5.74, 6) is 0.00801. The number of nitrogens with zero attached hydrogens (tertiary/aromatic N) is 4. The highest BCUT2D eigenvalue weighted by Crippen LogP contribution is 2.14. The minimum Gasteiger partial charge on any atom is -0.391 e. The van der Waals surface area contributed by atoms with Gasteiger partial charge in [0.1, 0.15) is 6.04 Å². The third-order valence-corrected chi connectivity index (χ3v) is 4.56. The summed E-state index contributed by atoms with van der Waals surface area (Å²) < 4.78 is 0. The average Bonchev–Trinajstić information content (AvgIpc) is 3.09. The molecular formula is C17H28N6O3. The van der Waals surface area contributed by atoms with Gasteiger partial charge in [-0.2, -0.15) is 5.26 Å². The Morgan fingerprint density at radius 3 is 2.69 bits per heavy atom. The van der Waals surface area contributed by atoms with Gasteiger partial charge in [0.05, 0.1) is 19.2 Å². The third kappa shape index (κ3) is 5.88. The zero-order chi connectivity index (χ0) is 18.9. The first-order valence-corrected chi connectivity index (χ1v) is 9.22. The van der Waals surface area contributed by atoms with Crippen LogP contribution in [0, 0.1) is 11.5 Å². The molecule has 26 heavy (non-hydrogen) atoms. The lowest BCUT2D eigenvalue weighted by molar-refractivity contribution is -0.140. The van der Waals surface area contributed by atoms with Crippen molar-refractivity contribution in [2.45, 2.75) is 51.2 Å². The largest absolute Gasteiger partial charge is 0.391 e. The van der Waals surface area contributed by atoms with E-state index < -0.39 is 12.1 Å². The molecule has 2 rings (SSSR count). The van der Waals surface area contributed by atoms with Gasteiger partial charge in [-0.15, -0.1) is 0 Å².